The third kappa shape index (κ3) is 4.14. The molecule has 5 heteroatoms. The summed E-state index contributed by atoms with van der Waals surface area (Å²) in [7, 11) is 0. The monoisotopic (exact) mass is 384 g/mol. The van der Waals surface area contributed by atoms with E-state index >= 15 is 0 Å². The van der Waals surface area contributed by atoms with Gasteiger partial charge in [0, 0.05) is 35.9 Å². The number of rotatable bonds is 7. The summed E-state index contributed by atoms with van der Waals surface area (Å²) < 4.78 is 0. The van der Waals surface area contributed by atoms with Gasteiger partial charge in [-0.1, -0.05) is 36.4 Å². The number of H-pyrrole nitrogens is 1. The summed E-state index contributed by atoms with van der Waals surface area (Å²) in [6.07, 6.45) is 4.53. The third-order valence-corrected chi connectivity index (χ3v) is 5.03. The average Bonchev–Trinajstić information content (AvgIpc) is 3.19. The van der Waals surface area contributed by atoms with Crippen LogP contribution in [0.4, 0.5) is 11.4 Å². The highest BCUT2D eigenvalue weighted by atomic mass is 16.1. The minimum atomic E-state index is -0.154. The van der Waals surface area contributed by atoms with E-state index in [-0.39, 0.29) is 5.91 Å². The fraction of sp³-hybridized carbons (Fsp3) is 0.167. The van der Waals surface area contributed by atoms with Crippen molar-refractivity contribution < 1.29 is 4.79 Å². The normalized spacial score (nSPS) is 10.8. The standard InChI is InChI=1S/C24H24N4O/c1-2-28(19-8-4-3-5-9-19)20-12-13-23(27-17-20)24(29)25-15-14-18-16-26-22-11-7-6-10-21(18)22/h3-13,16-17,26H,2,14-15H2,1H3,(H,25,29). The molecule has 0 atom stereocenters. The van der Waals surface area contributed by atoms with Crippen molar-refractivity contribution in [2.45, 2.75) is 13.3 Å². The molecule has 0 fully saturated rings. The zero-order chi connectivity index (χ0) is 20.1. The van der Waals surface area contributed by atoms with Gasteiger partial charge in [-0.15, -0.1) is 0 Å². The lowest BCUT2D eigenvalue weighted by Gasteiger charge is -2.22. The van der Waals surface area contributed by atoms with E-state index in [2.05, 4.69) is 51.4 Å². The Morgan fingerprint density at radius 1 is 1.00 bits per heavy atom. The van der Waals surface area contributed by atoms with Crippen molar-refractivity contribution in [3.8, 4) is 0 Å². The van der Waals surface area contributed by atoms with Crippen molar-refractivity contribution in [1.82, 2.24) is 15.3 Å². The number of nitrogens with one attached hydrogen (secondary N) is 2. The number of anilines is 2. The quantitative estimate of drug-likeness (QED) is 0.486. The van der Waals surface area contributed by atoms with Gasteiger partial charge in [-0.05, 0) is 49.2 Å². The molecule has 4 rings (SSSR count). The van der Waals surface area contributed by atoms with E-state index in [1.54, 1.807) is 12.3 Å². The van der Waals surface area contributed by atoms with Gasteiger partial charge in [0.25, 0.3) is 5.91 Å². The largest absolute Gasteiger partial charge is 0.361 e. The molecule has 2 aromatic carbocycles. The molecule has 2 N–H and O–H groups in total. The van der Waals surface area contributed by atoms with Crippen LogP contribution in [-0.2, 0) is 6.42 Å². The average molecular weight is 384 g/mol. The first-order chi connectivity index (χ1) is 14.3. The molecule has 0 aliphatic rings. The Morgan fingerprint density at radius 2 is 1.79 bits per heavy atom. The van der Waals surface area contributed by atoms with Crippen LogP contribution in [0.25, 0.3) is 10.9 Å². The number of nitrogens with zero attached hydrogens (tertiary/aromatic N) is 2. The zero-order valence-corrected chi connectivity index (χ0v) is 16.4. The number of hydrogen-bond acceptors (Lipinski definition) is 3. The van der Waals surface area contributed by atoms with Crippen LogP contribution in [-0.4, -0.2) is 29.0 Å². The number of amides is 1. The predicted molar refractivity (Wildman–Crippen MR) is 118 cm³/mol. The van der Waals surface area contributed by atoms with Crippen molar-refractivity contribution in [2.75, 3.05) is 18.0 Å². The summed E-state index contributed by atoms with van der Waals surface area (Å²) in [5.74, 6) is -0.154. The highest BCUT2D eigenvalue weighted by Crippen LogP contribution is 2.24. The summed E-state index contributed by atoms with van der Waals surface area (Å²) >= 11 is 0. The number of fused-ring (bicyclic) bond motifs is 1. The van der Waals surface area contributed by atoms with E-state index in [0.29, 0.717) is 12.2 Å². The van der Waals surface area contributed by atoms with E-state index in [4.69, 9.17) is 0 Å². The second kappa shape index (κ2) is 8.61. The number of carbonyl (C=O) groups is 1. The van der Waals surface area contributed by atoms with Crippen LogP contribution >= 0.6 is 0 Å². The number of aromatic nitrogens is 2. The van der Waals surface area contributed by atoms with Crippen molar-refractivity contribution in [1.29, 1.82) is 0 Å². The van der Waals surface area contributed by atoms with Crippen LogP contribution in [0, 0.1) is 0 Å². The lowest BCUT2D eigenvalue weighted by molar-refractivity contribution is 0.0949. The molecular formula is C24H24N4O. The Hall–Kier alpha value is -3.60. The first kappa shape index (κ1) is 18.7. The number of aromatic amines is 1. The maximum Gasteiger partial charge on any atom is 0.269 e. The van der Waals surface area contributed by atoms with Crippen LogP contribution in [0.1, 0.15) is 23.0 Å². The Balaban J connectivity index is 1.38. The molecule has 0 unspecified atom stereocenters. The highest BCUT2D eigenvalue weighted by Gasteiger charge is 2.11. The minimum absolute atomic E-state index is 0.154. The molecule has 0 spiro atoms. The number of para-hydroxylation sites is 2. The van der Waals surface area contributed by atoms with Crippen LogP contribution in [0.15, 0.2) is 79.1 Å². The van der Waals surface area contributed by atoms with Crippen LogP contribution in [0.2, 0.25) is 0 Å². The van der Waals surface area contributed by atoms with Crippen LogP contribution in [0.3, 0.4) is 0 Å². The molecule has 0 saturated heterocycles. The van der Waals surface area contributed by atoms with Gasteiger partial charge in [-0.2, -0.15) is 0 Å². The molecule has 146 valence electrons. The Kier molecular flexibility index (Phi) is 5.56. The molecule has 5 nitrogen and oxygen atoms in total. The Labute approximate surface area is 170 Å². The first-order valence-electron chi connectivity index (χ1n) is 9.88. The molecule has 2 aromatic heterocycles. The molecule has 2 heterocycles. The topological polar surface area (TPSA) is 61.0 Å². The number of pyridine rings is 1. The predicted octanol–water partition coefficient (Wildman–Crippen LogP) is 4.69. The minimum Gasteiger partial charge on any atom is -0.361 e. The zero-order valence-electron chi connectivity index (χ0n) is 16.4. The molecule has 0 aliphatic carbocycles. The van der Waals surface area contributed by atoms with Crippen LogP contribution < -0.4 is 10.2 Å². The summed E-state index contributed by atoms with van der Waals surface area (Å²) in [5.41, 5.74) is 4.81. The van der Waals surface area contributed by atoms with E-state index in [1.807, 2.05) is 42.6 Å². The molecule has 0 saturated carbocycles. The van der Waals surface area contributed by atoms with Gasteiger partial charge >= 0.3 is 0 Å². The van der Waals surface area contributed by atoms with E-state index in [1.165, 1.54) is 10.9 Å². The number of benzene rings is 2. The van der Waals surface area contributed by atoms with E-state index < -0.39 is 0 Å². The molecule has 0 radical (unpaired) electrons. The van der Waals surface area contributed by atoms with Gasteiger partial charge in [-0.25, -0.2) is 4.98 Å². The molecule has 1 amide bonds. The fourth-order valence-corrected chi connectivity index (χ4v) is 3.54. The lowest BCUT2D eigenvalue weighted by Crippen LogP contribution is -2.26. The molecule has 0 bridgehead atoms. The second-order valence-corrected chi connectivity index (χ2v) is 6.85. The third-order valence-electron chi connectivity index (χ3n) is 5.03. The smallest absolute Gasteiger partial charge is 0.269 e. The van der Waals surface area contributed by atoms with Gasteiger partial charge in [0.1, 0.15) is 5.69 Å². The fourth-order valence-electron chi connectivity index (χ4n) is 3.54. The lowest BCUT2D eigenvalue weighted by atomic mass is 10.1. The van der Waals surface area contributed by atoms with E-state index in [9.17, 15) is 4.79 Å². The summed E-state index contributed by atoms with van der Waals surface area (Å²) in [6.45, 7) is 3.48. The van der Waals surface area contributed by atoms with Crippen molar-refractivity contribution in [3.63, 3.8) is 0 Å². The maximum atomic E-state index is 12.5. The number of carbonyl (C=O) groups excluding carboxylic acids is 1. The van der Waals surface area contributed by atoms with Gasteiger partial charge in [-0.3, -0.25) is 4.79 Å². The first-order valence-corrected chi connectivity index (χ1v) is 9.88. The summed E-state index contributed by atoms with van der Waals surface area (Å²) in [5, 5.41) is 4.17. The molecule has 4 aromatic rings. The number of hydrogen-bond donors (Lipinski definition) is 2. The Morgan fingerprint density at radius 3 is 2.55 bits per heavy atom. The van der Waals surface area contributed by atoms with Crippen molar-refractivity contribution in [3.05, 3.63) is 90.4 Å². The van der Waals surface area contributed by atoms with Gasteiger partial charge in [0.05, 0.1) is 11.9 Å². The summed E-state index contributed by atoms with van der Waals surface area (Å²) in [4.78, 5) is 22.3. The van der Waals surface area contributed by atoms with E-state index in [0.717, 1.165) is 29.9 Å². The Bertz CT molecular complexity index is 1090. The van der Waals surface area contributed by atoms with Crippen molar-refractivity contribution in [2.24, 2.45) is 0 Å². The maximum absolute atomic E-state index is 12.5. The highest BCUT2D eigenvalue weighted by molar-refractivity contribution is 5.92. The summed E-state index contributed by atoms with van der Waals surface area (Å²) in [6, 6.07) is 22.1. The van der Waals surface area contributed by atoms with Gasteiger partial charge in [0.2, 0.25) is 0 Å². The van der Waals surface area contributed by atoms with Crippen molar-refractivity contribution >= 4 is 28.2 Å². The van der Waals surface area contributed by atoms with Gasteiger partial charge < -0.3 is 15.2 Å². The SMILES string of the molecule is CCN(c1ccccc1)c1ccc(C(=O)NCCc2c[nH]c3ccccc23)nc1. The second-order valence-electron chi connectivity index (χ2n) is 6.85. The molecule has 0 aliphatic heterocycles. The molecule has 29 heavy (non-hydrogen) atoms. The van der Waals surface area contributed by atoms with Crippen LogP contribution in [0.5, 0.6) is 0 Å². The molecular weight excluding hydrogens is 360 g/mol. The van der Waals surface area contributed by atoms with Gasteiger partial charge in [0.15, 0.2) is 0 Å².